The fourth-order valence-corrected chi connectivity index (χ4v) is 2.77. The summed E-state index contributed by atoms with van der Waals surface area (Å²) in [6, 6.07) is 0. The monoisotopic (exact) mass is 239 g/mol. The average molecular weight is 239 g/mol. The number of carboxylic acid groups (broad SMARTS) is 1. The van der Waals surface area contributed by atoms with Gasteiger partial charge in [-0.25, -0.2) is 0 Å². The molecule has 2 rings (SSSR count). The van der Waals surface area contributed by atoms with Gasteiger partial charge in [-0.3, -0.25) is 9.59 Å². The van der Waals surface area contributed by atoms with Crippen molar-refractivity contribution in [2.24, 2.45) is 17.8 Å². The lowest BCUT2D eigenvalue weighted by Crippen LogP contribution is -2.47. The Bertz CT molecular complexity index is 334. The second-order valence-electron chi connectivity index (χ2n) is 6.03. The molecule has 0 aliphatic heterocycles. The molecule has 2 unspecified atom stereocenters. The average Bonchev–Trinajstić information content (AvgIpc) is 2.95. The Hall–Kier alpha value is -1.06. The quantitative estimate of drug-likeness (QED) is 0.786. The van der Waals surface area contributed by atoms with Gasteiger partial charge in [0.2, 0.25) is 5.91 Å². The molecule has 2 fully saturated rings. The van der Waals surface area contributed by atoms with E-state index in [-0.39, 0.29) is 23.3 Å². The molecule has 0 aromatic carbocycles. The molecule has 0 spiro atoms. The minimum absolute atomic E-state index is 0.0469. The van der Waals surface area contributed by atoms with Crippen molar-refractivity contribution in [2.75, 3.05) is 0 Å². The van der Waals surface area contributed by atoms with Crippen LogP contribution >= 0.6 is 0 Å². The molecule has 0 radical (unpaired) electrons. The van der Waals surface area contributed by atoms with Gasteiger partial charge >= 0.3 is 5.97 Å². The number of carbonyl (C=O) groups excluding carboxylic acids is 1. The molecule has 0 heterocycles. The molecule has 96 valence electrons. The second-order valence-corrected chi connectivity index (χ2v) is 6.03. The lowest BCUT2D eigenvalue weighted by molar-refractivity contribution is -0.141. The first kappa shape index (κ1) is 12.4. The summed E-state index contributed by atoms with van der Waals surface area (Å²) >= 11 is 0. The van der Waals surface area contributed by atoms with E-state index in [0.717, 1.165) is 0 Å². The fourth-order valence-electron chi connectivity index (χ4n) is 2.77. The first-order valence-electron chi connectivity index (χ1n) is 6.45. The zero-order valence-electron chi connectivity index (χ0n) is 10.5. The van der Waals surface area contributed by atoms with Crippen molar-refractivity contribution >= 4 is 11.9 Å². The zero-order valence-corrected chi connectivity index (χ0v) is 10.5. The minimum Gasteiger partial charge on any atom is -0.481 e. The molecular formula is C13H21NO3. The summed E-state index contributed by atoms with van der Waals surface area (Å²) in [5.74, 6) is -0.542. The van der Waals surface area contributed by atoms with E-state index in [9.17, 15) is 9.59 Å². The number of nitrogens with one attached hydrogen (secondary N) is 1. The third-order valence-corrected chi connectivity index (χ3v) is 4.20. The Labute approximate surface area is 102 Å². The van der Waals surface area contributed by atoms with E-state index in [1.165, 1.54) is 12.8 Å². The lowest BCUT2D eigenvalue weighted by Gasteiger charge is -2.27. The smallest absolute Gasteiger partial charge is 0.306 e. The van der Waals surface area contributed by atoms with Gasteiger partial charge in [0.1, 0.15) is 0 Å². The summed E-state index contributed by atoms with van der Waals surface area (Å²) in [4.78, 5) is 22.9. The molecule has 2 saturated carbocycles. The van der Waals surface area contributed by atoms with Crippen molar-refractivity contribution in [3.8, 4) is 0 Å². The molecule has 1 amide bonds. The molecule has 0 saturated heterocycles. The van der Waals surface area contributed by atoms with Crippen molar-refractivity contribution in [3.63, 3.8) is 0 Å². The molecule has 17 heavy (non-hydrogen) atoms. The zero-order chi connectivity index (χ0) is 12.6. The van der Waals surface area contributed by atoms with Crippen molar-refractivity contribution < 1.29 is 14.7 Å². The standard InChI is InChI=1S/C13H21NO3/c1-13(2,10-5-6-10)14-11(15)8-3-4-9(7-8)12(16)17/h8-10H,3-7H2,1-2H3,(H,14,15)(H,16,17). The molecule has 4 heteroatoms. The first-order chi connectivity index (χ1) is 7.90. The number of hydrogen-bond acceptors (Lipinski definition) is 2. The van der Waals surface area contributed by atoms with Crippen LogP contribution in [0.15, 0.2) is 0 Å². The number of amides is 1. The summed E-state index contributed by atoms with van der Waals surface area (Å²) in [5, 5.41) is 12.0. The van der Waals surface area contributed by atoms with Crippen molar-refractivity contribution in [2.45, 2.75) is 51.5 Å². The van der Waals surface area contributed by atoms with Gasteiger partial charge in [-0.1, -0.05) is 0 Å². The van der Waals surface area contributed by atoms with E-state index in [1.54, 1.807) is 0 Å². The molecule has 2 atom stereocenters. The Morgan fingerprint density at radius 2 is 1.71 bits per heavy atom. The Morgan fingerprint density at radius 3 is 2.18 bits per heavy atom. The fraction of sp³-hybridized carbons (Fsp3) is 0.846. The number of carbonyl (C=O) groups is 2. The van der Waals surface area contributed by atoms with E-state index in [4.69, 9.17) is 5.11 Å². The SMILES string of the molecule is CC(C)(NC(=O)C1CCC(C(=O)O)C1)C1CC1. The van der Waals surface area contributed by atoms with Crippen LogP contribution in [-0.4, -0.2) is 22.5 Å². The number of carboxylic acids is 1. The number of rotatable bonds is 4. The van der Waals surface area contributed by atoms with Crippen molar-refractivity contribution in [3.05, 3.63) is 0 Å². The van der Waals surface area contributed by atoms with Gasteiger partial charge in [0, 0.05) is 11.5 Å². The van der Waals surface area contributed by atoms with Crippen molar-refractivity contribution in [1.82, 2.24) is 5.32 Å². The molecule has 2 aliphatic rings. The third kappa shape index (κ3) is 2.79. The maximum atomic E-state index is 12.1. The normalized spacial score (nSPS) is 29.1. The summed E-state index contributed by atoms with van der Waals surface area (Å²) in [6.45, 7) is 4.12. The minimum atomic E-state index is -0.762. The van der Waals surface area contributed by atoms with E-state index < -0.39 is 5.97 Å². The van der Waals surface area contributed by atoms with Crippen LogP contribution in [-0.2, 0) is 9.59 Å². The highest BCUT2D eigenvalue weighted by molar-refractivity contribution is 5.81. The van der Waals surface area contributed by atoms with Crippen LogP contribution in [0.1, 0.15) is 46.0 Å². The topological polar surface area (TPSA) is 66.4 Å². The third-order valence-electron chi connectivity index (χ3n) is 4.20. The Balaban J connectivity index is 1.86. The second kappa shape index (κ2) is 4.31. The van der Waals surface area contributed by atoms with E-state index in [0.29, 0.717) is 25.2 Å². The van der Waals surface area contributed by atoms with Crippen molar-refractivity contribution in [1.29, 1.82) is 0 Å². The highest BCUT2D eigenvalue weighted by atomic mass is 16.4. The predicted octanol–water partition coefficient (Wildman–Crippen LogP) is 1.79. The van der Waals surface area contributed by atoms with Gasteiger partial charge in [-0.05, 0) is 51.9 Å². The number of aliphatic carboxylic acids is 1. The van der Waals surface area contributed by atoms with E-state index >= 15 is 0 Å². The highest BCUT2D eigenvalue weighted by Gasteiger charge is 2.41. The molecule has 0 bridgehead atoms. The van der Waals surface area contributed by atoms with E-state index in [1.807, 2.05) is 0 Å². The first-order valence-corrected chi connectivity index (χ1v) is 6.45. The van der Waals surface area contributed by atoms with Crippen LogP contribution in [0, 0.1) is 17.8 Å². The molecule has 0 aromatic heterocycles. The van der Waals surface area contributed by atoms with Gasteiger partial charge in [0.15, 0.2) is 0 Å². The molecule has 4 nitrogen and oxygen atoms in total. The van der Waals surface area contributed by atoms with Gasteiger partial charge < -0.3 is 10.4 Å². The molecule has 2 aliphatic carbocycles. The highest BCUT2D eigenvalue weighted by Crippen LogP contribution is 2.40. The maximum absolute atomic E-state index is 12.1. The van der Waals surface area contributed by atoms with E-state index in [2.05, 4.69) is 19.2 Å². The summed E-state index contributed by atoms with van der Waals surface area (Å²) in [6.07, 6.45) is 4.23. The molecule has 0 aromatic rings. The predicted molar refractivity (Wildman–Crippen MR) is 63.4 cm³/mol. The Kier molecular flexibility index (Phi) is 3.15. The summed E-state index contributed by atoms with van der Waals surface area (Å²) in [7, 11) is 0. The largest absolute Gasteiger partial charge is 0.481 e. The van der Waals surface area contributed by atoms with Crippen LogP contribution in [0.2, 0.25) is 0 Å². The van der Waals surface area contributed by atoms with Gasteiger partial charge in [0.25, 0.3) is 0 Å². The van der Waals surface area contributed by atoms with Gasteiger partial charge in [-0.15, -0.1) is 0 Å². The van der Waals surface area contributed by atoms with Crippen LogP contribution < -0.4 is 5.32 Å². The van der Waals surface area contributed by atoms with Crippen LogP contribution in [0.4, 0.5) is 0 Å². The van der Waals surface area contributed by atoms with Gasteiger partial charge in [-0.2, -0.15) is 0 Å². The summed E-state index contributed by atoms with van der Waals surface area (Å²) in [5.41, 5.74) is -0.127. The van der Waals surface area contributed by atoms with Crippen LogP contribution in [0.25, 0.3) is 0 Å². The summed E-state index contributed by atoms with van der Waals surface area (Å²) < 4.78 is 0. The Morgan fingerprint density at radius 1 is 1.12 bits per heavy atom. The molecule has 2 N–H and O–H groups in total. The molecular weight excluding hydrogens is 218 g/mol. The van der Waals surface area contributed by atoms with Crippen LogP contribution in [0.3, 0.4) is 0 Å². The lowest BCUT2D eigenvalue weighted by atomic mass is 9.96. The van der Waals surface area contributed by atoms with Crippen LogP contribution in [0.5, 0.6) is 0 Å². The maximum Gasteiger partial charge on any atom is 0.306 e. The van der Waals surface area contributed by atoms with Gasteiger partial charge in [0.05, 0.1) is 5.92 Å². The number of hydrogen-bond donors (Lipinski definition) is 2.